The van der Waals surface area contributed by atoms with E-state index in [-0.39, 0.29) is 24.4 Å². The molecule has 21 heavy (non-hydrogen) atoms. The molecule has 0 saturated heterocycles. The fraction of sp³-hybridized carbons (Fsp3) is 0.867. The smallest absolute Gasteiger partial charge is 0.332 e. The molecular formula is C15H28N2O4. The summed E-state index contributed by atoms with van der Waals surface area (Å²) < 4.78 is 0. The minimum atomic E-state index is -1.42. The largest absolute Gasteiger partial charge is 0.479 e. The summed E-state index contributed by atoms with van der Waals surface area (Å²) in [7, 11) is 0. The summed E-state index contributed by atoms with van der Waals surface area (Å²) in [4.78, 5) is 22.2. The highest BCUT2D eigenvalue weighted by Gasteiger charge is 2.34. The lowest BCUT2D eigenvalue weighted by Crippen LogP contribution is -2.43. The van der Waals surface area contributed by atoms with E-state index in [0.29, 0.717) is 12.5 Å². The maximum Gasteiger partial charge on any atom is 0.332 e. The van der Waals surface area contributed by atoms with Crippen LogP contribution in [-0.2, 0) is 4.79 Å². The Morgan fingerprint density at radius 3 is 2.33 bits per heavy atom. The van der Waals surface area contributed by atoms with Gasteiger partial charge in [0.05, 0.1) is 0 Å². The number of nitrogens with one attached hydrogen (secondary N) is 2. The first-order valence-corrected chi connectivity index (χ1v) is 7.77. The maximum atomic E-state index is 11.7. The van der Waals surface area contributed by atoms with Crippen LogP contribution < -0.4 is 10.6 Å². The van der Waals surface area contributed by atoms with E-state index in [0.717, 1.165) is 19.3 Å². The normalized spacial score (nSPS) is 18.5. The van der Waals surface area contributed by atoms with Crippen molar-refractivity contribution in [1.82, 2.24) is 10.6 Å². The first kappa shape index (κ1) is 17.8. The van der Waals surface area contributed by atoms with Crippen molar-refractivity contribution in [2.45, 2.75) is 58.5 Å². The van der Waals surface area contributed by atoms with Gasteiger partial charge in [0.1, 0.15) is 0 Å². The van der Waals surface area contributed by atoms with Gasteiger partial charge in [-0.05, 0) is 30.6 Å². The number of carboxylic acid groups (broad SMARTS) is 1. The molecular weight excluding hydrogens is 272 g/mol. The lowest BCUT2D eigenvalue weighted by atomic mass is 9.78. The molecule has 6 heteroatoms. The molecule has 0 bridgehead atoms. The molecule has 1 rings (SSSR count). The quantitative estimate of drug-likeness (QED) is 0.548. The summed E-state index contributed by atoms with van der Waals surface area (Å²) in [5.41, 5.74) is 0.214. The number of hydrogen-bond donors (Lipinski definition) is 4. The predicted octanol–water partition coefficient (Wildman–Crippen LogP) is 1.73. The van der Waals surface area contributed by atoms with Crippen LogP contribution in [0.5, 0.6) is 0 Å². The summed E-state index contributed by atoms with van der Waals surface area (Å²) in [6.07, 6.45) is 4.46. The molecule has 0 spiro atoms. The maximum absolute atomic E-state index is 11.7. The van der Waals surface area contributed by atoms with E-state index >= 15 is 0 Å². The molecule has 1 aliphatic carbocycles. The van der Waals surface area contributed by atoms with Crippen LogP contribution in [0.3, 0.4) is 0 Å². The van der Waals surface area contributed by atoms with Crippen molar-refractivity contribution in [3.63, 3.8) is 0 Å². The van der Waals surface area contributed by atoms with Gasteiger partial charge in [0.25, 0.3) is 0 Å². The summed E-state index contributed by atoms with van der Waals surface area (Å²) in [5, 5.41) is 23.1. The lowest BCUT2D eigenvalue weighted by molar-refractivity contribution is -0.146. The van der Waals surface area contributed by atoms with Crippen molar-refractivity contribution in [2.24, 2.45) is 11.3 Å². The van der Waals surface area contributed by atoms with E-state index in [1.807, 2.05) is 0 Å². The van der Waals surface area contributed by atoms with E-state index in [2.05, 4.69) is 24.5 Å². The Balaban J connectivity index is 2.29. The summed E-state index contributed by atoms with van der Waals surface area (Å²) in [6.45, 7) is 5.22. The number of hydrogen-bond acceptors (Lipinski definition) is 3. The molecule has 2 amide bonds. The number of urea groups is 1. The number of carboxylic acids is 1. The zero-order valence-electron chi connectivity index (χ0n) is 13.0. The average molecular weight is 300 g/mol. The fourth-order valence-corrected chi connectivity index (χ4v) is 3.22. The Labute approximate surface area is 126 Å². The fourth-order valence-electron chi connectivity index (χ4n) is 3.22. The minimum Gasteiger partial charge on any atom is -0.479 e. The summed E-state index contributed by atoms with van der Waals surface area (Å²) in [6, 6.07) is -0.289. The van der Waals surface area contributed by atoms with Crippen LogP contribution in [0.15, 0.2) is 0 Å². The topological polar surface area (TPSA) is 98.7 Å². The molecule has 0 heterocycles. The van der Waals surface area contributed by atoms with Crippen molar-refractivity contribution in [1.29, 1.82) is 0 Å². The number of carbonyl (C=O) groups excluding carboxylic acids is 1. The van der Waals surface area contributed by atoms with Crippen LogP contribution >= 0.6 is 0 Å². The summed E-state index contributed by atoms with van der Waals surface area (Å²) in [5.74, 6) is -0.655. The Kier molecular flexibility index (Phi) is 6.95. The number of aliphatic carboxylic acids is 1. The highest BCUT2D eigenvalue weighted by atomic mass is 16.4. The second-order valence-corrected chi connectivity index (χ2v) is 6.56. The second-order valence-electron chi connectivity index (χ2n) is 6.56. The molecule has 0 aromatic rings. The highest BCUT2D eigenvalue weighted by molar-refractivity contribution is 5.74. The highest BCUT2D eigenvalue weighted by Crippen LogP contribution is 2.42. The molecule has 0 radical (unpaired) electrons. The van der Waals surface area contributed by atoms with Crippen molar-refractivity contribution in [2.75, 3.05) is 13.1 Å². The molecule has 1 fully saturated rings. The Morgan fingerprint density at radius 2 is 1.81 bits per heavy atom. The van der Waals surface area contributed by atoms with Gasteiger partial charge >= 0.3 is 12.0 Å². The zero-order chi connectivity index (χ0) is 15.9. The van der Waals surface area contributed by atoms with Crippen molar-refractivity contribution < 1.29 is 19.8 Å². The van der Waals surface area contributed by atoms with Crippen LogP contribution in [0.25, 0.3) is 0 Å². The van der Waals surface area contributed by atoms with E-state index in [1.54, 1.807) is 0 Å². The first-order valence-electron chi connectivity index (χ1n) is 7.77. The van der Waals surface area contributed by atoms with Crippen LogP contribution in [-0.4, -0.2) is 41.4 Å². The molecule has 1 atom stereocenters. The zero-order valence-corrected chi connectivity index (χ0v) is 13.0. The van der Waals surface area contributed by atoms with Crippen LogP contribution in [0, 0.1) is 11.3 Å². The number of amides is 2. The molecule has 1 aliphatic rings. The van der Waals surface area contributed by atoms with Gasteiger partial charge in [-0.2, -0.15) is 0 Å². The average Bonchev–Trinajstić information content (AvgIpc) is 2.84. The van der Waals surface area contributed by atoms with Crippen molar-refractivity contribution in [3.8, 4) is 0 Å². The Hall–Kier alpha value is -1.30. The van der Waals surface area contributed by atoms with Gasteiger partial charge in [0, 0.05) is 19.5 Å². The third-order valence-electron chi connectivity index (χ3n) is 4.12. The molecule has 6 nitrogen and oxygen atoms in total. The SMILES string of the molecule is CC(C)CC1(CNC(=O)NCCC(O)C(=O)O)CCCC1. The van der Waals surface area contributed by atoms with Gasteiger partial charge in [-0.15, -0.1) is 0 Å². The van der Waals surface area contributed by atoms with Gasteiger partial charge in [0.2, 0.25) is 0 Å². The molecule has 122 valence electrons. The lowest BCUT2D eigenvalue weighted by Gasteiger charge is -2.31. The molecule has 1 unspecified atom stereocenters. The molecule has 0 aromatic heterocycles. The second kappa shape index (κ2) is 8.22. The van der Waals surface area contributed by atoms with E-state index in [4.69, 9.17) is 10.2 Å². The van der Waals surface area contributed by atoms with E-state index in [1.165, 1.54) is 12.8 Å². The first-order chi connectivity index (χ1) is 9.84. The Morgan fingerprint density at radius 1 is 1.19 bits per heavy atom. The number of carbonyl (C=O) groups is 2. The molecule has 4 N–H and O–H groups in total. The number of aliphatic hydroxyl groups is 1. The number of rotatable bonds is 8. The van der Waals surface area contributed by atoms with Crippen molar-refractivity contribution >= 4 is 12.0 Å². The summed E-state index contributed by atoms with van der Waals surface area (Å²) >= 11 is 0. The standard InChI is InChI=1S/C15H28N2O4/c1-11(2)9-15(6-3-4-7-15)10-17-14(21)16-8-5-12(18)13(19)20/h11-12,18H,3-10H2,1-2H3,(H,19,20)(H2,16,17,21). The van der Waals surface area contributed by atoms with Gasteiger partial charge in [-0.3, -0.25) is 0 Å². The van der Waals surface area contributed by atoms with Crippen LogP contribution in [0.2, 0.25) is 0 Å². The monoisotopic (exact) mass is 300 g/mol. The van der Waals surface area contributed by atoms with Gasteiger partial charge < -0.3 is 20.8 Å². The molecule has 0 aromatic carbocycles. The van der Waals surface area contributed by atoms with E-state index < -0.39 is 12.1 Å². The number of aliphatic hydroxyl groups excluding tert-OH is 1. The van der Waals surface area contributed by atoms with E-state index in [9.17, 15) is 9.59 Å². The van der Waals surface area contributed by atoms with Crippen LogP contribution in [0.1, 0.15) is 52.4 Å². The van der Waals surface area contributed by atoms with Gasteiger partial charge in [-0.25, -0.2) is 9.59 Å². The predicted molar refractivity (Wildman–Crippen MR) is 80.0 cm³/mol. The minimum absolute atomic E-state index is 0.0138. The van der Waals surface area contributed by atoms with Crippen LogP contribution in [0.4, 0.5) is 4.79 Å². The molecule has 0 aliphatic heterocycles. The van der Waals surface area contributed by atoms with Gasteiger partial charge in [0.15, 0.2) is 6.10 Å². The van der Waals surface area contributed by atoms with Gasteiger partial charge in [-0.1, -0.05) is 26.7 Å². The Bertz CT molecular complexity index is 352. The third-order valence-corrected chi connectivity index (χ3v) is 4.12. The third kappa shape index (κ3) is 6.33. The molecule has 1 saturated carbocycles. The van der Waals surface area contributed by atoms with Crippen molar-refractivity contribution in [3.05, 3.63) is 0 Å².